The minimum atomic E-state index is -0.645. The van der Waals surface area contributed by atoms with Gasteiger partial charge < -0.3 is 15.5 Å². The van der Waals surface area contributed by atoms with Gasteiger partial charge in [-0.15, -0.1) is 0 Å². The van der Waals surface area contributed by atoms with Gasteiger partial charge in [0.1, 0.15) is 5.82 Å². The van der Waals surface area contributed by atoms with Crippen LogP contribution in [0.1, 0.15) is 34.6 Å². The smallest absolute Gasteiger partial charge is 0.273 e. The van der Waals surface area contributed by atoms with Gasteiger partial charge in [-0.05, 0) is 75.8 Å². The van der Waals surface area contributed by atoms with Gasteiger partial charge in [0.05, 0.1) is 15.3 Å². The quantitative estimate of drug-likeness (QED) is 0.315. The van der Waals surface area contributed by atoms with Gasteiger partial charge in [-0.25, -0.2) is 19.3 Å². The number of aromatic nitrogens is 4. The highest BCUT2D eigenvalue weighted by molar-refractivity contribution is 8.01. The molecule has 11 heteroatoms. The Labute approximate surface area is 229 Å². The van der Waals surface area contributed by atoms with Crippen molar-refractivity contribution in [3.05, 3.63) is 84.0 Å². The van der Waals surface area contributed by atoms with Crippen LogP contribution in [0.4, 0.5) is 15.3 Å². The van der Waals surface area contributed by atoms with Crippen molar-refractivity contribution in [1.29, 1.82) is 0 Å². The summed E-state index contributed by atoms with van der Waals surface area (Å²) in [6.45, 7) is 4.15. The van der Waals surface area contributed by atoms with Crippen molar-refractivity contribution in [2.75, 3.05) is 32.0 Å². The Bertz CT molecular complexity index is 1410. The van der Waals surface area contributed by atoms with Crippen LogP contribution in [0.15, 0.2) is 70.3 Å². The van der Waals surface area contributed by atoms with Crippen LogP contribution in [-0.2, 0) is 5.41 Å². The van der Waals surface area contributed by atoms with E-state index in [1.165, 1.54) is 29.3 Å². The molecule has 5 heterocycles. The second-order valence-corrected chi connectivity index (χ2v) is 11.8. The molecular formula is C27H28FN7OS2. The van der Waals surface area contributed by atoms with Crippen LogP contribution >= 0.6 is 23.1 Å². The number of rotatable bonds is 8. The first-order valence-electron chi connectivity index (χ1n) is 12.3. The number of hydrogen-bond acceptors (Lipinski definition) is 9. The van der Waals surface area contributed by atoms with Crippen molar-refractivity contribution in [2.24, 2.45) is 0 Å². The van der Waals surface area contributed by atoms with Gasteiger partial charge in [0.25, 0.3) is 5.91 Å². The summed E-state index contributed by atoms with van der Waals surface area (Å²) in [6, 6.07) is 11.3. The number of thiazole rings is 1. The van der Waals surface area contributed by atoms with Crippen LogP contribution in [0.3, 0.4) is 0 Å². The Balaban J connectivity index is 1.28. The van der Waals surface area contributed by atoms with Gasteiger partial charge in [-0.3, -0.25) is 9.78 Å². The van der Waals surface area contributed by atoms with Crippen LogP contribution in [0.5, 0.6) is 0 Å². The average Bonchev–Trinajstić information content (AvgIpc) is 3.36. The van der Waals surface area contributed by atoms with Crippen LogP contribution in [-0.4, -0.2) is 57.4 Å². The molecule has 1 aliphatic heterocycles. The predicted octanol–water partition coefficient (Wildman–Crippen LogP) is 5.06. The summed E-state index contributed by atoms with van der Waals surface area (Å²) >= 11 is 2.59. The predicted molar refractivity (Wildman–Crippen MR) is 148 cm³/mol. The maximum absolute atomic E-state index is 15.4. The molecule has 1 aliphatic rings. The minimum absolute atomic E-state index is 0.217. The lowest BCUT2D eigenvalue weighted by atomic mass is 9.75. The first kappa shape index (κ1) is 26.2. The molecule has 0 spiro atoms. The van der Waals surface area contributed by atoms with E-state index in [4.69, 9.17) is 0 Å². The molecule has 4 aromatic rings. The van der Waals surface area contributed by atoms with Gasteiger partial charge >= 0.3 is 0 Å². The zero-order chi connectivity index (χ0) is 26.5. The molecule has 1 amide bonds. The average molecular weight is 550 g/mol. The van der Waals surface area contributed by atoms with Crippen molar-refractivity contribution in [1.82, 2.24) is 30.2 Å². The molecule has 2 N–H and O–H groups in total. The number of anilines is 2. The maximum atomic E-state index is 15.4. The zero-order valence-corrected chi connectivity index (χ0v) is 22.8. The Morgan fingerprint density at radius 3 is 2.68 bits per heavy atom. The molecule has 0 saturated carbocycles. The van der Waals surface area contributed by atoms with E-state index in [1.54, 1.807) is 24.7 Å². The molecule has 8 nitrogen and oxygen atoms in total. The molecule has 1 saturated heterocycles. The van der Waals surface area contributed by atoms with E-state index in [9.17, 15) is 4.79 Å². The van der Waals surface area contributed by atoms with Crippen molar-refractivity contribution >= 4 is 40.0 Å². The number of halogens is 1. The zero-order valence-electron chi connectivity index (χ0n) is 21.1. The molecular weight excluding hydrogens is 521 g/mol. The molecule has 0 aliphatic carbocycles. The fourth-order valence-corrected chi connectivity index (χ4v) is 6.30. The van der Waals surface area contributed by atoms with Crippen LogP contribution in [0.25, 0.3) is 0 Å². The Morgan fingerprint density at radius 1 is 1.11 bits per heavy atom. The van der Waals surface area contributed by atoms with Crippen LogP contribution in [0.2, 0.25) is 0 Å². The normalized spacial score (nSPS) is 15.2. The Morgan fingerprint density at radius 2 is 1.92 bits per heavy atom. The second-order valence-electron chi connectivity index (χ2n) is 9.38. The number of aryl methyl sites for hydroxylation is 1. The van der Waals surface area contributed by atoms with E-state index in [0.29, 0.717) is 22.4 Å². The largest absolute Gasteiger partial charge is 0.350 e. The number of carbonyl (C=O) groups is 1. The number of amides is 1. The fraction of sp³-hybridized carbons (Fsp3) is 0.296. The van der Waals surface area contributed by atoms with Crippen molar-refractivity contribution < 1.29 is 9.18 Å². The summed E-state index contributed by atoms with van der Waals surface area (Å²) < 4.78 is 16.2. The first-order valence-corrected chi connectivity index (χ1v) is 13.9. The summed E-state index contributed by atoms with van der Waals surface area (Å²) in [4.78, 5) is 33.0. The second kappa shape index (κ2) is 11.5. The van der Waals surface area contributed by atoms with Gasteiger partial charge in [0.15, 0.2) is 16.6 Å². The SMILES string of the molecule is Cc1ccnc(Nc2ncc(Sc3ccnc(C(=O)NCC4(c5ccccn5)CCN(C)CC4)c3F)s2)c1. The van der Waals surface area contributed by atoms with E-state index in [1.807, 2.05) is 37.3 Å². The molecule has 1 fully saturated rings. The van der Waals surface area contributed by atoms with E-state index in [0.717, 1.165) is 41.4 Å². The third-order valence-corrected chi connectivity index (χ3v) is 8.70. The standard InChI is InChI=1S/C27H28FN7OS2/c1-18-6-11-30-21(15-18)34-26-32-16-22(38-26)37-19-7-12-31-24(23(19)28)25(36)33-17-27(8-13-35(2)14-9-27)20-5-3-4-10-29-20/h3-7,10-12,15-16H,8-9,13-14,17H2,1-2H3,(H,33,36)(H,30,32,34). The number of hydrogen-bond donors (Lipinski definition) is 2. The third kappa shape index (κ3) is 6.01. The molecule has 38 heavy (non-hydrogen) atoms. The fourth-order valence-electron chi connectivity index (χ4n) is 4.43. The highest BCUT2D eigenvalue weighted by Gasteiger charge is 2.37. The monoisotopic (exact) mass is 549 g/mol. The molecule has 0 aromatic carbocycles. The van der Waals surface area contributed by atoms with Crippen LogP contribution < -0.4 is 10.6 Å². The number of carbonyl (C=O) groups excluding carboxylic acids is 1. The van der Waals surface area contributed by atoms with E-state index in [-0.39, 0.29) is 11.1 Å². The topological polar surface area (TPSA) is 95.9 Å². The van der Waals surface area contributed by atoms with E-state index in [2.05, 4.69) is 42.5 Å². The van der Waals surface area contributed by atoms with Gasteiger partial charge in [0, 0.05) is 36.2 Å². The first-order chi connectivity index (χ1) is 18.4. The van der Waals surface area contributed by atoms with E-state index < -0.39 is 11.7 Å². The molecule has 4 aromatic heterocycles. The minimum Gasteiger partial charge on any atom is -0.350 e. The number of piperidine rings is 1. The Hall–Kier alpha value is -3.41. The number of likely N-dealkylation sites (tertiary alicyclic amines) is 1. The third-order valence-electron chi connectivity index (χ3n) is 6.65. The summed E-state index contributed by atoms with van der Waals surface area (Å²) in [7, 11) is 2.09. The lowest BCUT2D eigenvalue weighted by Crippen LogP contribution is -2.48. The summed E-state index contributed by atoms with van der Waals surface area (Å²) in [5, 5.41) is 6.77. The van der Waals surface area contributed by atoms with Gasteiger partial charge in [-0.2, -0.15) is 0 Å². The van der Waals surface area contributed by atoms with Crippen molar-refractivity contribution in [3.8, 4) is 0 Å². The van der Waals surface area contributed by atoms with Gasteiger partial charge in [-0.1, -0.05) is 29.2 Å². The lowest BCUT2D eigenvalue weighted by Gasteiger charge is -2.40. The summed E-state index contributed by atoms with van der Waals surface area (Å²) in [5.74, 6) is -0.483. The highest BCUT2D eigenvalue weighted by Crippen LogP contribution is 2.37. The number of pyridine rings is 3. The molecule has 0 bridgehead atoms. The molecule has 0 radical (unpaired) electrons. The van der Waals surface area contributed by atoms with Crippen LogP contribution in [0, 0.1) is 12.7 Å². The van der Waals surface area contributed by atoms with Crippen molar-refractivity contribution in [3.63, 3.8) is 0 Å². The summed E-state index contributed by atoms with van der Waals surface area (Å²) in [5.41, 5.74) is 1.51. The van der Waals surface area contributed by atoms with E-state index >= 15 is 4.39 Å². The van der Waals surface area contributed by atoms with Gasteiger partial charge in [0.2, 0.25) is 0 Å². The lowest BCUT2D eigenvalue weighted by molar-refractivity contribution is 0.0916. The van der Waals surface area contributed by atoms with Crippen molar-refractivity contribution in [2.45, 2.75) is 34.3 Å². The summed E-state index contributed by atoms with van der Waals surface area (Å²) in [6.07, 6.45) is 8.34. The number of nitrogens with one attached hydrogen (secondary N) is 2. The maximum Gasteiger partial charge on any atom is 0.273 e. The molecule has 196 valence electrons. The molecule has 0 atom stereocenters. The molecule has 5 rings (SSSR count). The Kier molecular flexibility index (Phi) is 7.96. The molecule has 0 unspecified atom stereocenters. The highest BCUT2D eigenvalue weighted by atomic mass is 32.2. The number of nitrogens with zero attached hydrogens (tertiary/aromatic N) is 5.